The zero-order valence-electron chi connectivity index (χ0n) is 11.8. The fraction of sp³-hybridized carbons (Fsp3) is 0.294. The van der Waals surface area contributed by atoms with Crippen LogP contribution in [0.5, 0.6) is 0 Å². The Kier molecular flexibility index (Phi) is 5.28. The van der Waals surface area contributed by atoms with Crippen molar-refractivity contribution >= 4 is 23.2 Å². The van der Waals surface area contributed by atoms with Gasteiger partial charge in [-0.15, -0.1) is 0 Å². The molecule has 0 saturated carbocycles. The second-order valence-electron chi connectivity index (χ2n) is 5.38. The van der Waals surface area contributed by atoms with Crippen molar-refractivity contribution in [1.82, 2.24) is 0 Å². The van der Waals surface area contributed by atoms with Gasteiger partial charge in [0.15, 0.2) is 0 Å². The van der Waals surface area contributed by atoms with E-state index in [1.54, 1.807) is 12.1 Å². The van der Waals surface area contributed by atoms with Crippen molar-refractivity contribution in [3.05, 3.63) is 69.2 Å². The third-order valence-electron chi connectivity index (χ3n) is 3.78. The van der Waals surface area contributed by atoms with Gasteiger partial charge in [0.2, 0.25) is 0 Å². The number of benzene rings is 2. The van der Waals surface area contributed by atoms with Crippen molar-refractivity contribution < 1.29 is 10.2 Å². The Morgan fingerprint density at radius 1 is 1.00 bits per heavy atom. The molecule has 0 radical (unpaired) electrons. The molecule has 0 saturated heterocycles. The van der Waals surface area contributed by atoms with E-state index in [0.717, 1.165) is 16.7 Å². The first-order chi connectivity index (χ1) is 10.0. The first-order valence-electron chi connectivity index (χ1n) is 6.73. The van der Waals surface area contributed by atoms with Crippen molar-refractivity contribution in [3.63, 3.8) is 0 Å². The minimum atomic E-state index is -0.802. The molecule has 0 atom stereocenters. The molecule has 0 aliphatic heterocycles. The number of hydrogen-bond acceptors (Lipinski definition) is 2. The number of aliphatic hydroxyl groups is 2. The normalized spacial score (nSPS) is 11.7. The van der Waals surface area contributed by atoms with Gasteiger partial charge in [-0.1, -0.05) is 47.5 Å². The van der Waals surface area contributed by atoms with Gasteiger partial charge in [0.05, 0.1) is 13.2 Å². The highest BCUT2D eigenvalue weighted by Crippen LogP contribution is 2.32. The summed E-state index contributed by atoms with van der Waals surface area (Å²) in [5.74, 6) is 0. The maximum Gasteiger partial charge on any atom is 0.0553 e. The zero-order valence-corrected chi connectivity index (χ0v) is 13.3. The molecule has 0 heterocycles. The van der Waals surface area contributed by atoms with Crippen molar-refractivity contribution in [2.24, 2.45) is 0 Å². The minimum Gasteiger partial charge on any atom is -0.395 e. The summed E-state index contributed by atoms with van der Waals surface area (Å²) in [7, 11) is 0. The number of rotatable bonds is 5. The lowest BCUT2D eigenvalue weighted by Crippen LogP contribution is -2.37. The Morgan fingerprint density at radius 2 is 1.71 bits per heavy atom. The molecule has 2 aromatic carbocycles. The van der Waals surface area contributed by atoms with Gasteiger partial charge in [-0.2, -0.15) is 0 Å². The summed E-state index contributed by atoms with van der Waals surface area (Å²) in [6.45, 7) is 1.60. The van der Waals surface area contributed by atoms with E-state index in [1.807, 2.05) is 37.3 Å². The molecule has 112 valence electrons. The molecule has 0 unspecified atom stereocenters. The Labute approximate surface area is 135 Å². The molecule has 0 bridgehead atoms. The number of halogens is 2. The topological polar surface area (TPSA) is 40.5 Å². The second kappa shape index (κ2) is 6.80. The largest absolute Gasteiger partial charge is 0.395 e. The molecular formula is C17H18Cl2O2. The maximum absolute atomic E-state index is 9.88. The quantitative estimate of drug-likeness (QED) is 0.879. The van der Waals surface area contributed by atoms with Crippen LogP contribution >= 0.6 is 23.2 Å². The van der Waals surface area contributed by atoms with Crippen LogP contribution in [0, 0.1) is 6.92 Å². The average molecular weight is 325 g/mol. The molecule has 0 amide bonds. The summed E-state index contributed by atoms with van der Waals surface area (Å²) >= 11 is 12.3. The third kappa shape index (κ3) is 3.58. The average Bonchev–Trinajstić information content (AvgIpc) is 2.47. The smallest absolute Gasteiger partial charge is 0.0553 e. The van der Waals surface area contributed by atoms with Gasteiger partial charge in [0, 0.05) is 15.5 Å². The molecule has 0 aliphatic rings. The first kappa shape index (κ1) is 16.3. The summed E-state index contributed by atoms with van der Waals surface area (Å²) in [5.41, 5.74) is 1.97. The fourth-order valence-electron chi connectivity index (χ4n) is 2.43. The third-order valence-corrected chi connectivity index (χ3v) is 4.37. The lowest BCUT2D eigenvalue weighted by Gasteiger charge is -2.31. The van der Waals surface area contributed by atoms with Crippen LogP contribution in [0.4, 0.5) is 0 Å². The molecule has 0 aliphatic carbocycles. The van der Waals surface area contributed by atoms with Gasteiger partial charge in [-0.25, -0.2) is 0 Å². The van der Waals surface area contributed by atoms with Crippen LogP contribution in [0.3, 0.4) is 0 Å². The fourth-order valence-corrected chi connectivity index (χ4v) is 2.92. The van der Waals surface area contributed by atoms with E-state index in [-0.39, 0.29) is 13.2 Å². The minimum absolute atomic E-state index is 0.186. The monoisotopic (exact) mass is 324 g/mol. The van der Waals surface area contributed by atoms with E-state index >= 15 is 0 Å². The first-order valence-corrected chi connectivity index (χ1v) is 7.49. The molecule has 21 heavy (non-hydrogen) atoms. The lowest BCUT2D eigenvalue weighted by molar-refractivity contribution is 0.116. The predicted octanol–water partition coefficient (Wildman–Crippen LogP) is 3.77. The Hall–Kier alpha value is -1.06. The van der Waals surface area contributed by atoms with E-state index in [0.29, 0.717) is 16.5 Å². The summed E-state index contributed by atoms with van der Waals surface area (Å²) < 4.78 is 0. The van der Waals surface area contributed by atoms with Crippen molar-refractivity contribution in [3.8, 4) is 0 Å². The Bertz CT molecular complexity index is 622. The van der Waals surface area contributed by atoms with Crippen LogP contribution in [0.15, 0.2) is 42.5 Å². The van der Waals surface area contributed by atoms with Crippen molar-refractivity contribution in [2.45, 2.75) is 18.8 Å². The zero-order chi connectivity index (χ0) is 15.5. The Morgan fingerprint density at radius 3 is 2.29 bits per heavy atom. The summed E-state index contributed by atoms with van der Waals surface area (Å²) in [5, 5.41) is 21.0. The summed E-state index contributed by atoms with van der Waals surface area (Å²) in [6.07, 6.45) is 0.444. The van der Waals surface area contributed by atoms with E-state index in [4.69, 9.17) is 23.2 Å². The van der Waals surface area contributed by atoms with Crippen molar-refractivity contribution in [2.75, 3.05) is 13.2 Å². The predicted molar refractivity (Wildman–Crippen MR) is 87.2 cm³/mol. The van der Waals surface area contributed by atoms with Crippen LogP contribution in [0.25, 0.3) is 0 Å². The summed E-state index contributed by atoms with van der Waals surface area (Å²) in [4.78, 5) is 0. The number of aryl methyl sites for hydroxylation is 1. The highest BCUT2D eigenvalue weighted by molar-refractivity contribution is 6.31. The number of aliphatic hydroxyl groups excluding tert-OH is 2. The Balaban J connectivity index is 2.43. The molecule has 4 heteroatoms. The molecule has 2 nitrogen and oxygen atoms in total. The van der Waals surface area contributed by atoms with E-state index in [1.165, 1.54) is 0 Å². The van der Waals surface area contributed by atoms with Gasteiger partial charge in [-0.05, 0) is 48.2 Å². The molecular weight excluding hydrogens is 307 g/mol. The highest BCUT2D eigenvalue weighted by Gasteiger charge is 2.32. The van der Waals surface area contributed by atoms with Crippen LogP contribution in [-0.2, 0) is 11.8 Å². The highest BCUT2D eigenvalue weighted by atomic mass is 35.5. The molecule has 0 fully saturated rings. The van der Waals surface area contributed by atoms with Crippen LogP contribution in [0.1, 0.15) is 16.7 Å². The van der Waals surface area contributed by atoms with Gasteiger partial charge >= 0.3 is 0 Å². The second-order valence-corrected chi connectivity index (χ2v) is 6.22. The van der Waals surface area contributed by atoms with E-state index in [2.05, 4.69) is 0 Å². The molecule has 0 spiro atoms. The standard InChI is InChI=1S/C17H18Cl2O2/c1-12-5-6-13(16(19)7-12)9-17(10-20,11-21)14-3-2-4-15(18)8-14/h2-8,20-21H,9-11H2,1H3. The molecule has 2 N–H and O–H groups in total. The maximum atomic E-state index is 9.88. The van der Waals surface area contributed by atoms with Gasteiger partial charge in [0.1, 0.15) is 0 Å². The molecule has 0 aromatic heterocycles. The SMILES string of the molecule is Cc1ccc(CC(CO)(CO)c2cccc(Cl)c2)c(Cl)c1. The van der Waals surface area contributed by atoms with Crippen molar-refractivity contribution in [1.29, 1.82) is 0 Å². The van der Waals surface area contributed by atoms with Crippen LogP contribution in [0.2, 0.25) is 10.0 Å². The number of hydrogen-bond donors (Lipinski definition) is 2. The van der Waals surface area contributed by atoms with Gasteiger partial charge in [-0.3, -0.25) is 0 Å². The van der Waals surface area contributed by atoms with E-state index in [9.17, 15) is 10.2 Å². The van der Waals surface area contributed by atoms with E-state index < -0.39 is 5.41 Å². The molecule has 2 rings (SSSR count). The van der Waals surface area contributed by atoms with Gasteiger partial charge < -0.3 is 10.2 Å². The summed E-state index contributed by atoms with van der Waals surface area (Å²) in [6, 6.07) is 13.0. The lowest BCUT2D eigenvalue weighted by atomic mass is 9.76. The van der Waals surface area contributed by atoms with Crippen LogP contribution in [-0.4, -0.2) is 23.4 Å². The van der Waals surface area contributed by atoms with Crippen LogP contribution < -0.4 is 0 Å². The molecule has 2 aromatic rings. The van der Waals surface area contributed by atoms with Gasteiger partial charge in [0.25, 0.3) is 0 Å².